The number of nitrogens with zero attached hydrogens (tertiary/aromatic N) is 2. The third-order valence-corrected chi connectivity index (χ3v) is 3.37. The largest absolute Gasteiger partial charge is 0.391 e. The van der Waals surface area contributed by atoms with Gasteiger partial charge in [-0.2, -0.15) is 0 Å². The van der Waals surface area contributed by atoms with Crippen molar-refractivity contribution in [3.05, 3.63) is 18.7 Å². The molecule has 0 aliphatic heterocycles. The van der Waals surface area contributed by atoms with E-state index in [0.717, 1.165) is 12.8 Å². The average Bonchev–Trinajstić information content (AvgIpc) is 2.85. The summed E-state index contributed by atoms with van der Waals surface area (Å²) in [6.07, 6.45) is 16.6. The molecule has 0 aliphatic carbocycles. The van der Waals surface area contributed by atoms with Gasteiger partial charge in [-0.1, -0.05) is 58.3 Å². The molecule has 1 N–H and O–H groups in total. The summed E-state index contributed by atoms with van der Waals surface area (Å²) in [5, 5.41) is 9.85. The smallest absolute Gasteiger partial charge is 0.0946 e. The zero-order chi connectivity index (χ0) is 13.1. The Morgan fingerprint density at radius 2 is 1.72 bits per heavy atom. The van der Waals surface area contributed by atoms with Crippen LogP contribution in [-0.4, -0.2) is 20.8 Å². The van der Waals surface area contributed by atoms with Gasteiger partial charge in [0.15, 0.2) is 0 Å². The molecule has 0 fully saturated rings. The molecule has 0 saturated carbocycles. The number of hydrogen-bond acceptors (Lipinski definition) is 2. The van der Waals surface area contributed by atoms with Gasteiger partial charge in [-0.15, -0.1) is 0 Å². The fourth-order valence-corrected chi connectivity index (χ4v) is 2.24. The highest BCUT2D eigenvalue weighted by Gasteiger charge is 2.04. The molecule has 0 amide bonds. The maximum atomic E-state index is 9.85. The zero-order valence-electron chi connectivity index (χ0n) is 11.7. The van der Waals surface area contributed by atoms with E-state index in [4.69, 9.17) is 0 Å². The minimum absolute atomic E-state index is 0.223. The summed E-state index contributed by atoms with van der Waals surface area (Å²) in [5.74, 6) is 0. The second kappa shape index (κ2) is 10.1. The molecule has 0 radical (unpaired) electrons. The van der Waals surface area contributed by atoms with E-state index in [0.29, 0.717) is 6.54 Å². The molecule has 104 valence electrons. The molecular weight excluding hydrogens is 224 g/mol. The third kappa shape index (κ3) is 7.49. The molecule has 0 saturated heterocycles. The molecule has 0 spiro atoms. The first-order valence-electron chi connectivity index (χ1n) is 7.46. The Bertz CT molecular complexity index is 272. The highest BCUT2D eigenvalue weighted by molar-refractivity contribution is 4.75. The molecule has 3 nitrogen and oxygen atoms in total. The SMILES string of the molecule is CCCCCCCCCC[C@H](O)Cn1ccnc1. The van der Waals surface area contributed by atoms with Gasteiger partial charge < -0.3 is 9.67 Å². The first kappa shape index (κ1) is 15.2. The van der Waals surface area contributed by atoms with Gasteiger partial charge in [0.1, 0.15) is 0 Å². The Morgan fingerprint density at radius 1 is 1.06 bits per heavy atom. The van der Waals surface area contributed by atoms with Crippen LogP contribution in [0.1, 0.15) is 64.7 Å². The second-order valence-corrected chi connectivity index (χ2v) is 5.18. The van der Waals surface area contributed by atoms with Crippen LogP contribution in [-0.2, 0) is 6.54 Å². The van der Waals surface area contributed by atoms with Crippen LogP contribution in [0.15, 0.2) is 18.7 Å². The Balaban J connectivity index is 1.88. The van der Waals surface area contributed by atoms with Crippen molar-refractivity contribution < 1.29 is 5.11 Å². The van der Waals surface area contributed by atoms with Crippen molar-refractivity contribution in [2.45, 2.75) is 77.4 Å². The van der Waals surface area contributed by atoms with Crippen LogP contribution in [0.3, 0.4) is 0 Å². The minimum Gasteiger partial charge on any atom is -0.391 e. The fourth-order valence-electron chi connectivity index (χ4n) is 2.24. The molecule has 0 aromatic carbocycles. The van der Waals surface area contributed by atoms with Crippen molar-refractivity contribution in [1.82, 2.24) is 9.55 Å². The van der Waals surface area contributed by atoms with E-state index in [1.54, 1.807) is 12.5 Å². The van der Waals surface area contributed by atoms with E-state index in [2.05, 4.69) is 11.9 Å². The van der Waals surface area contributed by atoms with Crippen molar-refractivity contribution in [2.75, 3.05) is 0 Å². The molecule has 3 heteroatoms. The van der Waals surface area contributed by atoms with Crippen LogP contribution < -0.4 is 0 Å². The molecule has 0 unspecified atom stereocenters. The Kier molecular flexibility index (Phi) is 8.57. The molecule has 1 atom stereocenters. The zero-order valence-corrected chi connectivity index (χ0v) is 11.7. The predicted octanol–water partition coefficient (Wildman–Crippen LogP) is 3.77. The predicted molar refractivity (Wildman–Crippen MR) is 75.5 cm³/mol. The summed E-state index contributed by atoms with van der Waals surface area (Å²) in [5.41, 5.74) is 0. The van der Waals surface area contributed by atoms with Gasteiger partial charge >= 0.3 is 0 Å². The van der Waals surface area contributed by atoms with Gasteiger partial charge in [-0.25, -0.2) is 4.98 Å². The summed E-state index contributed by atoms with van der Waals surface area (Å²) in [6, 6.07) is 0. The Hall–Kier alpha value is -0.830. The van der Waals surface area contributed by atoms with Gasteiger partial charge in [-0.05, 0) is 6.42 Å². The summed E-state index contributed by atoms with van der Waals surface area (Å²) < 4.78 is 1.94. The minimum atomic E-state index is -0.223. The first-order chi connectivity index (χ1) is 8.83. The van der Waals surface area contributed by atoms with Crippen molar-refractivity contribution >= 4 is 0 Å². The van der Waals surface area contributed by atoms with Crippen molar-refractivity contribution in [1.29, 1.82) is 0 Å². The van der Waals surface area contributed by atoms with Crippen LogP contribution >= 0.6 is 0 Å². The number of aliphatic hydroxyl groups excluding tert-OH is 1. The van der Waals surface area contributed by atoms with E-state index in [9.17, 15) is 5.11 Å². The standard InChI is InChI=1S/C15H28N2O/c1-2-3-4-5-6-7-8-9-10-15(18)13-17-12-11-16-14-17/h11-12,14-15,18H,2-10,13H2,1H3/t15-/m0/s1. The second-order valence-electron chi connectivity index (χ2n) is 5.18. The van der Waals surface area contributed by atoms with Crippen LogP contribution in [0.25, 0.3) is 0 Å². The van der Waals surface area contributed by atoms with Crippen LogP contribution in [0.5, 0.6) is 0 Å². The van der Waals surface area contributed by atoms with Crippen molar-refractivity contribution in [2.24, 2.45) is 0 Å². The molecule has 1 aromatic rings. The number of rotatable bonds is 11. The Labute approximate surface area is 111 Å². The molecule has 0 bridgehead atoms. The third-order valence-electron chi connectivity index (χ3n) is 3.37. The molecule has 1 aromatic heterocycles. The van der Waals surface area contributed by atoms with E-state index in [-0.39, 0.29) is 6.10 Å². The lowest BCUT2D eigenvalue weighted by Crippen LogP contribution is -2.14. The highest BCUT2D eigenvalue weighted by atomic mass is 16.3. The average molecular weight is 252 g/mol. The van der Waals surface area contributed by atoms with Gasteiger partial charge in [0.2, 0.25) is 0 Å². The molecule has 1 rings (SSSR count). The van der Waals surface area contributed by atoms with Crippen molar-refractivity contribution in [3.8, 4) is 0 Å². The molecule has 0 aliphatic rings. The number of hydrogen-bond donors (Lipinski definition) is 1. The van der Waals surface area contributed by atoms with Crippen LogP contribution in [0, 0.1) is 0 Å². The quantitative estimate of drug-likeness (QED) is 0.609. The van der Waals surface area contributed by atoms with Gasteiger partial charge in [0.25, 0.3) is 0 Å². The van der Waals surface area contributed by atoms with E-state index in [1.165, 1.54) is 44.9 Å². The van der Waals surface area contributed by atoms with Crippen LogP contribution in [0.4, 0.5) is 0 Å². The van der Waals surface area contributed by atoms with Gasteiger partial charge in [0.05, 0.1) is 12.4 Å². The summed E-state index contributed by atoms with van der Waals surface area (Å²) >= 11 is 0. The maximum absolute atomic E-state index is 9.85. The maximum Gasteiger partial charge on any atom is 0.0946 e. The normalized spacial score (nSPS) is 12.8. The highest BCUT2D eigenvalue weighted by Crippen LogP contribution is 2.11. The number of aliphatic hydroxyl groups is 1. The lowest BCUT2D eigenvalue weighted by Gasteiger charge is -2.10. The molecular formula is C15H28N2O. The van der Waals surface area contributed by atoms with Gasteiger partial charge in [-0.3, -0.25) is 0 Å². The molecule has 18 heavy (non-hydrogen) atoms. The monoisotopic (exact) mass is 252 g/mol. The summed E-state index contributed by atoms with van der Waals surface area (Å²) in [6.45, 7) is 2.93. The summed E-state index contributed by atoms with van der Waals surface area (Å²) in [4.78, 5) is 3.97. The van der Waals surface area contributed by atoms with E-state index >= 15 is 0 Å². The van der Waals surface area contributed by atoms with E-state index in [1.807, 2.05) is 10.8 Å². The lowest BCUT2D eigenvalue weighted by molar-refractivity contribution is 0.140. The topological polar surface area (TPSA) is 38.0 Å². The first-order valence-corrected chi connectivity index (χ1v) is 7.46. The number of unbranched alkanes of at least 4 members (excludes halogenated alkanes) is 7. The van der Waals surface area contributed by atoms with E-state index < -0.39 is 0 Å². The lowest BCUT2D eigenvalue weighted by atomic mass is 10.1. The van der Waals surface area contributed by atoms with Crippen molar-refractivity contribution in [3.63, 3.8) is 0 Å². The molecule has 1 heterocycles. The number of aromatic nitrogens is 2. The van der Waals surface area contributed by atoms with Crippen LogP contribution in [0.2, 0.25) is 0 Å². The Morgan fingerprint density at radius 3 is 2.33 bits per heavy atom. The fraction of sp³-hybridized carbons (Fsp3) is 0.800. The summed E-state index contributed by atoms with van der Waals surface area (Å²) in [7, 11) is 0. The number of imidazole rings is 1. The van der Waals surface area contributed by atoms with Gasteiger partial charge in [0, 0.05) is 18.9 Å².